The minimum atomic E-state index is 0.143. The van der Waals surface area contributed by atoms with Gasteiger partial charge in [0.05, 0.1) is 6.07 Å². The van der Waals surface area contributed by atoms with Crippen molar-refractivity contribution < 1.29 is 0 Å². The van der Waals surface area contributed by atoms with E-state index in [1.54, 1.807) is 0 Å². The van der Waals surface area contributed by atoms with E-state index in [4.69, 9.17) is 5.26 Å². The lowest BCUT2D eigenvalue weighted by Crippen LogP contribution is -2.23. The van der Waals surface area contributed by atoms with Gasteiger partial charge in [0.1, 0.15) is 0 Å². The van der Waals surface area contributed by atoms with Crippen LogP contribution >= 0.6 is 15.9 Å². The maximum atomic E-state index is 8.62. The van der Waals surface area contributed by atoms with Crippen LogP contribution < -0.4 is 5.32 Å². The third kappa shape index (κ3) is 4.40. The molecule has 0 fully saturated rings. The van der Waals surface area contributed by atoms with E-state index in [0.29, 0.717) is 6.42 Å². The molecular formula is C14H19BrN2. The molecular weight excluding hydrogens is 276 g/mol. The number of benzene rings is 1. The Morgan fingerprint density at radius 1 is 1.41 bits per heavy atom. The molecule has 0 bridgehead atoms. The van der Waals surface area contributed by atoms with Gasteiger partial charge in [-0.1, -0.05) is 35.8 Å². The smallest absolute Gasteiger partial charge is 0.0621 e. The number of halogens is 1. The Bertz CT molecular complexity index is 419. The second kappa shape index (κ2) is 6.07. The molecule has 2 nitrogen and oxygen atoms in total. The summed E-state index contributed by atoms with van der Waals surface area (Å²) in [4.78, 5) is 0. The van der Waals surface area contributed by atoms with Crippen molar-refractivity contribution in [2.24, 2.45) is 5.41 Å². The molecule has 3 heteroatoms. The van der Waals surface area contributed by atoms with Crippen LogP contribution in [0.3, 0.4) is 0 Å². The minimum Gasteiger partial charge on any atom is -0.384 e. The van der Waals surface area contributed by atoms with Gasteiger partial charge < -0.3 is 5.32 Å². The van der Waals surface area contributed by atoms with E-state index in [-0.39, 0.29) is 5.41 Å². The van der Waals surface area contributed by atoms with E-state index in [1.165, 1.54) is 5.56 Å². The molecule has 1 aromatic rings. The average molecular weight is 295 g/mol. The monoisotopic (exact) mass is 294 g/mol. The summed E-state index contributed by atoms with van der Waals surface area (Å²) in [6.07, 6.45) is 1.54. The second-order valence-electron chi connectivity index (χ2n) is 5.09. The van der Waals surface area contributed by atoms with Gasteiger partial charge in [-0.15, -0.1) is 0 Å². The van der Waals surface area contributed by atoms with Gasteiger partial charge in [0.25, 0.3) is 0 Å². The summed E-state index contributed by atoms with van der Waals surface area (Å²) in [6.45, 7) is 7.34. The molecule has 0 aliphatic rings. The lowest BCUT2D eigenvalue weighted by molar-refractivity contribution is 0.364. The van der Waals surface area contributed by atoms with Gasteiger partial charge in [0, 0.05) is 23.1 Å². The normalized spacial score (nSPS) is 11.0. The lowest BCUT2D eigenvalue weighted by atomic mass is 9.88. The summed E-state index contributed by atoms with van der Waals surface area (Å²) in [5, 5.41) is 12.1. The molecule has 17 heavy (non-hydrogen) atoms. The highest BCUT2D eigenvalue weighted by Gasteiger charge is 2.17. The first-order chi connectivity index (χ1) is 7.96. The maximum Gasteiger partial charge on any atom is 0.0621 e. The van der Waals surface area contributed by atoms with Crippen molar-refractivity contribution in [2.75, 3.05) is 11.9 Å². The number of nitrogens with zero attached hydrogens (tertiary/aromatic N) is 1. The number of rotatable bonds is 5. The number of hydrogen-bond acceptors (Lipinski definition) is 2. The van der Waals surface area contributed by atoms with Gasteiger partial charge in [-0.05, 0) is 36.5 Å². The Labute approximate surface area is 112 Å². The highest BCUT2D eigenvalue weighted by Crippen LogP contribution is 2.27. The lowest BCUT2D eigenvalue weighted by Gasteiger charge is -2.25. The van der Waals surface area contributed by atoms with Crippen molar-refractivity contribution in [2.45, 2.75) is 33.6 Å². The van der Waals surface area contributed by atoms with Crippen LogP contribution in [-0.2, 0) is 0 Å². The number of nitrogens with one attached hydrogen (secondary N) is 1. The Balaban J connectivity index is 2.61. The summed E-state index contributed by atoms with van der Waals surface area (Å²) in [5.74, 6) is 0. The molecule has 0 aliphatic heterocycles. The molecule has 0 amide bonds. The zero-order valence-electron chi connectivity index (χ0n) is 10.7. The molecule has 1 aromatic carbocycles. The fraction of sp³-hybridized carbons (Fsp3) is 0.500. The van der Waals surface area contributed by atoms with Crippen LogP contribution in [0.1, 0.15) is 32.3 Å². The first-order valence-corrected chi connectivity index (χ1v) is 6.61. The molecule has 0 saturated heterocycles. The summed E-state index contributed by atoms with van der Waals surface area (Å²) in [7, 11) is 0. The van der Waals surface area contributed by atoms with Crippen LogP contribution in [-0.4, -0.2) is 6.54 Å². The van der Waals surface area contributed by atoms with Gasteiger partial charge in [-0.3, -0.25) is 0 Å². The molecule has 0 aromatic heterocycles. The maximum absolute atomic E-state index is 8.62. The minimum absolute atomic E-state index is 0.143. The SMILES string of the molecule is Cc1c(Br)cccc1NCC(C)(C)CCC#N. The molecule has 0 heterocycles. The highest BCUT2D eigenvalue weighted by atomic mass is 79.9. The summed E-state index contributed by atoms with van der Waals surface area (Å²) in [6, 6.07) is 8.36. The molecule has 0 unspecified atom stereocenters. The van der Waals surface area contributed by atoms with Crippen molar-refractivity contribution in [3.8, 4) is 6.07 Å². The fourth-order valence-corrected chi connectivity index (χ4v) is 1.98. The van der Waals surface area contributed by atoms with E-state index in [9.17, 15) is 0 Å². The quantitative estimate of drug-likeness (QED) is 0.868. The van der Waals surface area contributed by atoms with Gasteiger partial charge in [0.2, 0.25) is 0 Å². The van der Waals surface area contributed by atoms with Crippen LogP contribution in [0.15, 0.2) is 22.7 Å². The van der Waals surface area contributed by atoms with Crippen molar-refractivity contribution >= 4 is 21.6 Å². The molecule has 0 aliphatic carbocycles. The zero-order valence-corrected chi connectivity index (χ0v) is 12.3. The first-order valence-electron chi connectivity index (χ1n) is 5.82. The second-order valence-corrected chi connectivity index (χ2v) is 5.94. The van der Waals surface area contributed by atoms with E-state index < -0.39 is 0 Å². The van der Waals surface area contributed by atoms with Crippen LogP contribution in [0.5, 0.6) is 0 Å². The van der Waals surface area contributed by atoms with Crippen LogP contribution in [0.25, 0.3) is 0 Å². The molecule has 1 N–H and O–H groups in total. The predicted octanol–water partition coefficient (Wildman–Crippen LogP) is 4.50. The van der Waals surface area contributed by atoms with Crippen LogP contribution in [0.4, 0.5) is 5.69 Å². The Morgan fingerprint density at radius 2 is 2.12 bits per heavy atom. The van der Waals surface area contributed by atoms with E-state index in [0.717, 1.165) is 23.1 Å². The van der Waals surface area contributed by atoms with E-state index in [1.807, 2.05) is 12.1 Å². The topological polar surface area (TPSA) is 35.8 Å². The molecule has 92 valence electrons. The van der Waals surface area contributed by atoms with Crippen molar-refractivity contribution in [1.29, 1.82) is 5.26 Å². The van der Waals surface area contributed by atoms with Crippen LogP contribution in [0.2, 0.25) is 0 Å². The van der Waals surface area contributed by atoms with Gasteiger partial charge in [-0.2, -0.15) is 5.26 Å². The standard InChI is InChI=1S/C14H19BrN2/c1-11-12(15)6-4-7-13(11)17-10-14(2,3)8-5-9-16/h4,6-7,17H,5,8,10H2,1-3H3. The zero-order chi connectivity index (χ0) is 12.9. The van der Waals surface area contributed by atoms with Crippen molar-refractivity contribution in [3.63, 3.8) is 0 Å². The van der Waals surface area contributed by atoms with E-state index in [2.05, 4.69) is 54.2 Å². The molecule has 1 rings (SSSR count). The Hall–Kier alpha value is -1.01. The molecule has 0 saturated carbocycles. The Morgan fingerprint density at radius 3 is 2.76 bits per heavy atom. The number of hydrogen-bond donors (Lipinski definition) is 1. The summed E-state index contributed by atoms with van der Waals surface area (Å²) >= 11 is 3.53. The predicted molar refractivity (Wildman–Crippen MR) is 76.0 cm³/mol. The Kier molecular flexibility index (Phi) is 5.02. The molecule has 0 spiro atoms. The van der Waals surface area contributed by atoms with Gasteiger partial charge >= 0.3 is 0 Å². The third-order valence-corrected chi connectivity index (χ3v) is 3.80. The number of nitriles is 1. The first kappa shape index (κ1) is 14.1. The number of anilines is 1. The largest absolute Gasteiger partial charge is 0.384 e. The van der Waals surface area contributed by atoms with Crippen molar-refractivity contribution in [1.82, 2.24) is 0 Å². The third-order valence-electron chi connectivity index (χ3n) is 2.94. The van der Waals surface area contributed by atoms with Gasteiger partial charge in [0.15, 0.2) is 0 Å². The molecule has 0 atom stereocenters. The summed E-state index contributed by atoms with van der Waals surface area (Å²) < 4.78 is 1.12. The molecule has 0 radical (unpaired) electrons. The average Bonchev–Trinajstić information content (AvgIpc) is 2.29. The van der Waals surface area contributed by atoms with Gasteiger partial charge in [-0.25, -0.2) is 0 Å². The van der Waals surface area contributed by atoms with Crippen LogP contribution in [0, 0.1) is 23.7 Å². The fourth-order valence-electron chi connectivity index (χ4n) is 1.62. The highest BCUT2D eigenvalue weighted by molar-refractivity contribution is 9.10. The summed E-state index contributed by atoms with van der Waals surface area (Å²) in [5.41, 5.74) is 2.53. The van der Waals surface area contributed by atoms with Crippen molar-refractivity contribution in [3.05, 3.63) is 28.2 Å². The van der Waals surface area contributed by atoms with E-state index >= 15 is 0 Å².